The molecule has 1 fully saturated rings. The number of carbonyl (C=O) groups excluding carboxylic acids is 1. The molecule has 1 unspecified atom stereocenters. The Kier molecular flexibility index (Phi) is 6.38. The van der Waals surface area contributed by atoms with Crippen LogP contribution >= 0.6 is 12.6 Å². The van der Waals surface area contributed by atoms with E-state index in [0.29, 0.717) is 35.7 Å². The number of hydrogen-bond acceptors (Lipinski definition) is 8. The van der Waals surface area contributed by atoms with Gasteiger partial charge in [-0.25, -0.2) is 19.2 Å². The molecule has 7 nitrogen and oxygen atoms in total. The second-order valence-corrected chi connectivity index (χ2v) is 6.28. The lowest BCUT2D eigenvalue weighted by Crippen LogP contribution is -2.22. The number of ether oxygens (including phenoxy) is 2. The number of aromatic nitrogens is 2. The number of benzene rings is 2. The van der Waals surface area contributed by atoms with Gasteiger partial charge in [-0.3, -0.25) is 0 Å². The van der Waals surface area contributed by atoms with Gasteiger partial charge in [-0.05, 0) is 43.0 Å². The highest BCUT2D eigenvalue weighted by atomic mass is 32.1. The van der Waals surface area contributed by atoms with Crippen LogP contribution in [0.1, 0.15) is 12.0 Å². The normalized spacial score (nSPS) is 15.4. The summed E-state index contributed by atoms with van der Waals surface area (Å²) in [5.74, 6) is -0.191. The van der Waals surface area contributed by atoms with Gasteiger partial charge in [0.15, 0.2) is 6.10 Å². The largest absolute Gasteiger partial charge is 0.476 e. The smallest absolute Gasteiger partial charge is 0.347 e. The van der Waals surface area contributed by atoms with Crippen LogP contribution in [0.2, 0.25) is 0 Å². The molecule has 4 rings (SSSR count). The molecule has 9 heteroatoms. The average molecular weight is 416 g/mol. The summed E-state index contributed by atoms with van der Waals surface area (Å²) >= 11 is 3.53. The van der Waals surface area contributed by atoms with Gasteiger partial charge in [-0.1, -0.05) is 0 Å². The van der Waals surface area contributed by atoms with Gasteiger partial charge in [0.2, 0.25) is 0 Å². The van der Waals surface area contributed by atoms with E-state index in [1.54, 1.807) is 12.3 Å². The summed E-state index contributed by atoms with van der Waals surface area (Å²) in [6.07, 6.45) is 2.78. The van der Waals surface area contributed by atoms with Crippen molar-refractivity contribution in [1.29, 1.82) is 0 Å². The summed E-state index contributed by atoms with van der Waals surface area (Å²) < 4.78 is 24.3. The Morgan fingerprint density at radius 2 is 2.07 bits per heavy atom. The van der Waals surface area contributed by atoms with Crippen LogP contribution in [0.4, 0.5) is 21.6 Å². The number of rotatable bonds is 4. The van der Waals surface area contributed by atoms with Gasteiger partial charge in [0.25, 0.3) is 0 Å². The lowest BCUT2D eigenvalue weighted by atomic mass is 10.1. The molecule has 1 aliphatic heterocycles. The Hall–Kier alpha value is -3.07. The Morgan fingerprint density at radius 3 is 2.79 bits per heavy atom. The van der Waals surface area contributed by atoms with Crippen LogP contribution in [0.5, 0.6) is 5.75 Å². The predicted octanol–water partition coefficient (Wildman–Crippen LogP) is 3.64. The molecule has 0 saturated carbocycles. The first kappa shape index (κ1) is 20.7. The average Bonchev–Trinajstić information content (AvgIpc) is 3.10. The Morgan fingerprint density at radius 1 is 1.28 bits per heavy atom. The van der Waals surface area contributed by atoms with Crippen LogP contribution in [0.15, 0.2) is 36.7 Å². The second kappa shape index (κ2) is 8.95. The van der Waals surface area contributed by atoms with E-state index in [0.717, 1.165) is 10.9 Å². The zero-order valence-electron chi connectivity index (χ0n) is 16.0. The zero-order valence-corrected chi connectivity index (χ0v) is 16.9. The number of aryl methyl sites for hydroxylation is 1. The van der Waals surface area contributed by atoms with Crippen molar-refractivity contribution in [1.82, 2.24) is 9.97 Å². The number of carbonyl (C=O) groups is 1. The molecule has 0 amide bonds. The van der Waals surface area contributed by atoms with Crippen LogP contribution in [-0.4, -0.2) is 34.9 Å². The number of anilines is 3. The quantitative estimate of drug-likeness (QED) is 0.339. The predicted molar refractivity (Wildman–Crippen MR) is 113 cm³/mol. The second-order valence-electron chi connectivity index (χ2n) is 6.28. The maximum Gasteiger partial charge on any atom is 0.347 e. The van der Waals surface area contributed by atoms with Gasteiger partial charge in [-0.15, -0.1) is 0 Å². The highest BCUT2D eigenvalue weighted by Gasteiger charge is 2.29. The first-order valence-corrected chi connectivity index (χ1v) is 9.76. The number of fused-ring (bicyclic) bond motifs is 1. The molecule has 3 N–H and O–H groups in total. The number of nitrogen functional groups attached to an aromatic ring is 1. The number of nitrogens with two attached hydrogens (primary N) is 1. The third-order valence-corrected chi connectivity index (χ3v) is 4.31. The van der Waals surface area contributed by atoms with Crippen LogP contribution in [0.3, 0.4) is 0 Å². The van der Waals surface area contributed by atoms with Crippen molar-refractivity contribution in [3.63, 3.8) is 0 Å². The number of thiol groups is 1. The molecular weight excluding hydrogens is 395 g/mol. The lowest BCUT2D eigenvalue weighted by Gasteiger charge is -2.16. The van der Waals surface area contributed by atoms with Crippen molar-refractivity contribution in [2.75, 3.05) is 23.9 Å². The van der Waals surface area contributed by atoms with Crippen molar-refractivity contribution < 1.29 is 18.7 Å². The van der Waals surface area contributed by atoms with Crippen LogP contribution in [0, 0.1) is 12.7 Å². The van der Waals surface area contributed by atoms with Crippen molar-refractivity contribution in [3.05, 3.63) is 48.0 Å². The minimum absolute atomic E-state index is 0.207. The van der Waals surface area contributed by atoms with Gasteiger partial charge in [-0.2, -0.15) is 12.6 Å². The standard InChI is InChI=1S/C19H17FN4O3.CH4S/c1-10-6-12(21)8-14-17(10)18(23-9-22-14)24-13-3-2-11(20)7-16(13)27-15-4-5-26-19(15)25;1-2/h2-3,6-9,15H,4-5,21H2,1H3,(H,22,23,24);2H,1H3. The Bertz CT molecular complexity index is 1050. The summed E-state index contributed by atoms with van der Waals surface area (Å²) in [6, 6.07) is 7.64. The summed E-state index contributed by atoms with van der Waals surface area (Å²) in [5.41, 5.74) is 8.56. The molecule has 1 atom stereocenters. The maximum atomic E-state index is 13.8. The van der Waals surface area contributed by atoms with Crippen molar-refractivity contribution >= 4 is 46.7 Å². The van der Waals surface area contributed by atoms with E-state index >= 15 is 0 Å². The van der Waals surface area contributed by atoms with Crippen LogP contribution in [-0.2, 0) is 9.53 Å². The first-order chi connectivity index (χ1) is 14.0. The molecule has 29 heavy (non-hydrogen) atoms. The zero-order chi connectivity index (χ0) is 21.0. The van der Waals surface area contributed by atoms with Crippen molar-refractivity contribution in [2.45, 2.75) is 19.4 Å². The summed E-state index contributed by atoms with van der Waals surface area (Å²) in [5, 5.41) is 3.95. The van der Waals surface area contributed by atoms with Crippen molar-refractivity contribution in [3.8, 4) is 5.75 Å². The molecule has 0 radical (unpaired) electrons. The maximum absolute atomic E-state index is 13.8. The summed E-state index contributed by atoms with van der Waals surface area (Å²) in [6.45, 7) is 2.20. The molecule has 152 valence electrons. The molecule has 2 aromatic carbocycles. The molecule has 1 saturated heterocycles. The van der Waals surface area contributed by atoms with E-state index in [4.69, 9.17) is 15.2 Å². The number of cyclic esters (lactones) is 1. The highest BCUT2D eigenvalue weighted by Crippen LogP contribution is 2.33. The van der Waals surface area contributed by atoms with Gasteiger partial charge in [0.05, 0.1) is 17.8 Å². The van der Waals surface area contributed by atoms with Gasteiger partial charge >= 0.3 is 5.97 Å². The van der Waals surface area contributed by atoms with Crippen LogP contribution in [0.25, 0.3) is 10.9 Å². The van der Waals surface area contributed by atoms with E-state index in [1.807, 2.05) is 13.0 Å². The number of hydrogen-bond donors (Lipinski definition) is 3. The first-order valence-electron chi connectivity index (χ1n) is 8.86. The minimum Gasteiger partial charge on any atom is -0.476 e. The van der Waals surface area contributed by atoms with Gasteiger partial charge < -0.3 is 20.5 Å². The van der Waals surface area contributed by atoms with E-state index in [-0.39, 0.29) is 5.75 Å². The molecule has 3 aromatic rings. The number of esters is 1. The fourth-order valence-corrected chi connectivity index (χ4v) is 3.08. The van der Waals surface area contributed by atoms with Crippen LogP contribution < -0.4 is 15.8 Å². The minimum atomic E-state index is -0.754. The number of nitrogens with zero attached hydrogens (tertiary/aromatic N) is 2. The molecular formula is C20H21FN4O3S. The third kappa shape index (κ3) is 4.51. The number of nitrogens with one attached hydrogen (secondary N) is 1. The third-order valence-electron chi connectivity index (χ3n) is 4.31. The fraction of sp³-hybridized carbons (Fsp3) is 0.250. The molecule has 1 aliphatic rings. The highest BCUT2D eigenvalue weighted by molar-refractivity contribution is 7.79. The molecule has 1 aromatic heterocycles. The van der Waals surface area contributed by atoms with Crippen molar-refractivity contribution in [2.24, 2.45) is 0 Å². The van der Waals surface area contributed by atoms with E-state index in [2.05, 4.69) is 27.9 Å². The molecule has 0 aliphatic carbocycles. The molecule has 2 heterocycles. The summed E-state index contributed by atoms with van der Waals surface area (Å²) in [7, 11) is 0. The SMILES string of the molecule is CS.Cc1cc(N)cc2ncnc(Nc3ccc(F)cc3OC3CCOC3=O)c12. The Labute approximate surface area is 172 Å². The van der Waals surface area contributed by atoms with E-state index in [9.17, 15) is 9.18 Å². The van der Waals surface area contributed by atoms with Gasteiger partial charge in [0, 0.05) is 23.6 Å². The fourth-order valence-electron chi connectivity index (χ4n) is 3.08. The summed E-state index contributed by atoms with van der Waals surface area (Å²) in [4.78, 5) is 20.2. The van der Waals surface area contributed by atoms with Gasteiger partial charge in [0.1, 0.15) is 23.7 Å². The van der Waals surface area contributed by atoms with E-state index < -0.39 is 17.9 Å². The molecule has 0 spiro atoms. The Balaban J connectivity index is 0.00000117. The topological polar surface area (TPSA) is 99.4 Å². The monoisotopic (exact) mass is 416 g/mol. The lowest BCUT2D eigenvalue weighted by molar-refractivity contribution is -0.143. The van der Waals surface area contributed by atoms with E-state index in [1.165, 1.54) is 24.5 Å². The number of halogens is 1. The molecule has 0 bridgehead atoms.